The zero-order valence-electron chi connectivity index (χ0n) is 14.3. The van der Waals surface area contributed by atoms with Crippen LogP contribution in [0, 0.1) is 17.8 Å². The van der Waals surface area contributed by atoms with E-state index in [2.05, 4.69) is 50.0 Å². The highest BCUT2D eigenvalue weighted by molar-refractivity contribution is 5.04. The molecule has 3 unspecified atom stereocenters. The zero-order chi connectivity index (χ0) is 15.0. The van der Waals surface area contributed by atoms with Crippen molar-refractivity contribution < 1.29 is 0 Å². The molecule has 0 bridgehead atoms. The van der Waals surface area contributed by atoms with Gasteiger partial charge in [-0.2, -0.15) is 0 Å². The topological polar surface area (TPSA) is 15.3 Å². The van der Waals surface area contributed by atoms with Crippen molar-refractivity contribution in [2.24, 2.45) is 5.92 Å². The third kappa shape index (κ3) is 4.50. The molecule has 0 aliphatic heterocycles. The Morgan fingerprint density at radius 3 is 2.70 bits per heavy atom. The summed E-state index contributed by atoms with van der Waals surface area (Å²) in [5, 5.41) is 3.83. The van der Waals surface area contributed by atoms with Crippen molar-refractivity contribution in [1.82, 2.24) is 10.2 Å². The molecule has 0 saturated heterocycles. The van der Waals surface area contributed by atoms with Gasteiger partial charge in [0.05, 0.1) is 0 Å². The third-order valence-corrected chi connectivity index (χ3v) is 4.92. The van der Waals surface area contributed by atoms with Gasteiger partial charge >= 0.3 is 0 Å². The molecule has 0 aromatic carbocycles. The van der Waals surface area contributed by atoms with E-state index in [1.807, 2.05) is 6.92 Å². The van der Waals surface area contributed by atoms with E-state index in [0.717, 1.165) is 18.9 Å². The monoisotopic (exact) mass is 278 g/mol. The Morgan fingerprint density at radius 2 is 2.15 bits per heavy atom. The van der Waals surface area contributed by atoms with E-state index in [9.17, 15) is 0 Å². The Bertz CT molecular complexity index is 326. The minimum absolute atomic E-state index is 0.322. The lowest BCUT2D eigenvalue weighted by Crippen LogP contribution is -2.61. The largest absolute Gasteiger partial charge is 0.312 e. The second-order valence-corrected chi connectivity index (χ2v) is 6.67. The smallest absolute Gasteiger partial charge is 0.0359 e. The summed E-state index contributed by atoms with van der Waals surface area (Å²) < 4.78 is 0. The maximum absolute atomic E-state index is 3.83. The van der Waals surface area contributed by atoms with Gasteiger partial charge in [0.1, 0.15) is 0 Å². The van der Waals surface area contributed by atoms with Crippen LogP contribution in [-0.4, -0.2) is 37.1 Å². The minimum atomic E-state index is 0.322. The van der Waals surface area contributed by atoms with E-state index in [1.54, 1.807) is 0 Å². The van der Waals surface area contributed by atoms with Gasteiger partial charge in [0.15, 0.2) is 0 Å². The first-order valence-electron chi connectivity index (χ1n) is 8.37. The standard InChI is InChI=1S/C18H34N2/c1-6-8-9-12-17(19-14-7-2)18(20(4)5)13-10-11-16(3)15-18/h16-17,19H,7,9-15H2,1-5H3. The molecule has 0 aromatic rings. The van der Waals surface area contributed by atoms with E-state index in [0.29, 0.717) is 11.6 Å². The van der Waals surface area contributed by atoms with E-state index in [1.165, 1.54) is 38.5 Å². The Labute approximate surface area is 126 Å². The maximum atomic E-state index is 3.83. The summed E-state index contributed by atoms with van der Waals surface area (Å²) in [5.74, 6) is 7.14. The number of likely N-dealkylation sites (N-methyl/N-ethyl adjacent to an activating group) is 1. The molecule has 0 aromatic heterocycles. The first-order chi connectivity index (χ1) is 9.56. The maximum Gasteiger partial charge on any atom is 0.0359 e. The molecule has 2 nitrogen and oxygen atoms in total. The lowest BCUT2D eigenvalue weighted by Gasteiger charge is -2.50. The molecule has 1 saturated carbocycles. The van der Waals surface area contributed by atoms with Gasteiger partial charge in [0.2, 0.25) is 0 Å². The highest BCUT2D eigenvalue weighted by atomic mass is 15.2. The van der Waals surface area contributed by atoms with Crippen LogP contribution < -0.4 is 5.32 Å². The van der Waals surface area contributed by atoms with Crippen LogP contribution in [-0.2, 0) is 0 Å². The van der Waals surface area contributed by atoms with Crippen LogP contribution in [0.5, 0.6) is 0 Å². The van der Waals surface area contributed by atoms with Crippen molar-refractivity contribution in [3.05, 3.63) is 0 Å². The number of nitrogens with zero attached hydrogens (tertiary/aromatic N) is 1. The van der Waals surface area contributed by atoms with Gasteiger partial charge in [-0.25, -0.2) is 0 Å². The first-order valence-corrected chi connectivity index (χ1v) is 8.37. The van der Waals surface area contributed by atoms with Crippen LogP contribution in [0.3, 0.4) is 0 Å². The van der Waals surface area contributed by atoms with E-state index in [4.69, 9.17) is 0 Å². The van der Waals surface area contributed by atoms with Crippen LogP contribution in [0.1, 0.15) is 65.7 Å². The second-order valence-electron chi connectivity index (χ2n) is 6.67. The number of rotatable bonds is 7. The molecule has 2 heteroatoms. The number of hydrogen-bond donors (Lipinski definition) is 1. The molecule has 0 radical (unpaired) electrons. The van der Waals surface area contributed by atoms with Crippen molar-refractivity contribution in [1.29, 1.82) is 0 Å². The van der Waals surface area contributed by atoms with Crippen LogP contribution in [0.25, 0.3) is 0 Å². The fraction of sp³-hybridized carbons (Fsp3) is 0.889. The van der Waals surface area contributed by atoms with Gasteiger partial charge < -0.3 is 10.2 Å². The molecule has 1 aliphatic rings. The van der Waals surface area contributed by atoms with Crippen LogP contribution in [0.15, 0.2) is 0 Å². The molecule has 1 fully saturated rings. The van der Waals surface area contributed by atoms with Gasteiger partial charge in [0.25, 0.3) is 0 Å². The van der Waals surface area contributed by atoms with Gasteiger partial charge in [-0.3, -0.25) is 0 Å². The van der Waals surface area contributed by atoms with Crippen molar-refractivity contribution in [2.45, 2.75) is 77.3 Å². The normalized spacial score (nSPS) is 28.0. The number of nitrogens with one attached hydrogen (secondary N) is 1. The molecule has 116 valence electrons. The summed E-state index contributed by atoms with van der Waals surface area (Å²) in [5.41, 5.74) is 0.322. The molecule has 0 spiro atoms. The third-order valence-electron chi connectivity index (χ3n) is 4.92. The molecule has 0 heterocycles. The fourth-order valence-electron chi connectivity index (χ4n) is 3.82. The summed E-state index contributed by atoms with van der Waals surface area (Å²) in [6.07, 6.45) is 8.79. The molecule has 3 atom stereocenters. The molecule has 20 heavy (non-hydrogen) atoms. The van der Waals surface area contributed by atoms with E-state index in [-0.39, 0.29) is 0 Å². The quantitative estimate of drug-likeness (QED) is 0.715. The van der Waals surface area contributed by atoms with E-state index < -0.39 is 0 Å². The lowest BCUT2D eigenvalue weighted by molar-refractivity contribution is 0.0348. The molecule has 1 N–H and O–H groups in total. The fourth-order valence-corrected chi connectivity index (χ4v) is 3.82. The highest BCUT2D eigenvalue weighted by Crippen LogP contribution is 2.39. The Hall–Kier alpha value is -0.520. The van der Waals surface area contributed by atoms with Crippen LogP contribution in [0.4, 0.5) is 0 Å². The van der Waals surface area contributed by atoms with Crippen molar-refractivity contribution in [3.8, 4) is 11.8 Å². The second kappa shape index (κ2) is 8.70. The predicted octanol–water partition coefficient (Wildman–Crippen LogP) is 3.67. The average molecular weight is 278 g/mol. The Kier molecular flexibility index (Phi) is 7.62. The Balaban J connectivity index is 2.86. The van der Waals surface area contributed by atoms with Crippen molar-refractivity contribution in [3.63, 3.8) is 0 Å². The van der Waals surface area contributed by atoms with Crippen LogP contribution >= 0.6 is 0 Å². The summed E-state index contributed by atoms with van der Waals surface area (Å²) >= 11 is 0. The van der Waals surface area contributed by atoms with Crippen molar-refractivity contribution >= 4 is 0 Å². The Morgan fingerprint density at radius 1 is 1.40 bits per heavy atom. The van der Waals surface area contributed by atoms with Crippen molar-refractivity contribution in [2.75, 3.05) is 20.6 Å². The summed E-state index contributed by atoms with van der Waals surface area (Å²) in [6.45, 7) is 7.73. The van der Waals surface area contributed by atoms with E-state index >= 15 is 0 Å². The molecule has 1 aliphatic carbocycles. The zero-order valence-corrected chi connectivity index (χ0v) is 14.3. The predicted molar refractivity (Wildman–Crippen MR) is 88.8 cm³/mol. The van der Waals surface area contributed by atoms with Gasteiger partial charge in [-0.1, -0.05) is 26.7 Å². The molecule has 0 amide bonds. The van der Waals surface area contributed by atoms with Gasteiger partial charge in [-0.15, -0.1) is 11.8 Å². The number of hydrogen-bond acceptors (Lipinski definition) is 2. The summed E-state index contributed by atoms with van der Waals surface area (Å²) in [7, 11) is 4.54. The SMILES string of the molecule is CC#CCCC(NCCC)C1(N(C)C)CCCC(C)C1. The molecular formula is C18H34N2. The summed E-state index contributed by atoms with van der Waals surface area (Å²) in [4.78, 5) is 2.50. The average Bonchev–Trinajstić information content (AvgIpc) is 2.42. The molecule has 1 rings (SSSR count). The summed E-state index contributed by atoms with van der Waals surface area (Å²) in [6, 6.07) is 0.570. The van der Waals surface area contributed by atoms with Crippen LogP contribution in [0.2, 0.25) is 0 Å². The minimum Gasteiger partial charge on any atom is -0.312 e. The van der Waals surface area contributed by atoms with Gasteiger partial charge in [-0.05, 0) is 59.2 Å². The highest BCUT2D eigenvalue weighted by Gasteiger charge is 2.42. The molecular weight excluding hydrogens is 244 g/mol. The first kappa shape index (κ1) is 17.5. The van der Waals surface area contributed by atoms with Gasteiger partial charge in [0, 0.05) is 18.0 Å². The lowest BCUT2D eigenvalue weighted by atomic mass is 9.70.